The van der Waals surface area contributed by atoms with E-state index in [9.17, 15) is 0 Å². The lowest BCUT2D eigenvalue weighted by atomic mass is 9.59. The predicted octanol–water partition coefficient (Wildman–Crippen LogP) is 10.8. The van der Waals surface area contributed by atoms with E-state index in [2.05, 4.69) is 166 Å². The fraction of sp³-hybridized carbons (Fsp3) is 0.348. The van der Waals surface area contributed by atoms with Crippen LogP contribution in [0.15, 0.2) is 121 Å². The third-order valence-corrected chi connectivity index (χ3v) is 11.8. The van der Waals surface area contributed by atoms with Crippen LogP contribution in [0.4, 0.5) is 0 Å². The summed E-state index contributed by atoms with van der Waals surface area (Å²) >= 11 is 0. The Kier molecular flexibility index (Phi) is 8.71. The van der Waals surface area contributed by atoms with E-state index in [0.29, 0.717) is 6.04 Å². The number of pyridine rings is 2. The maximum absolute atomic E-state index is 2.66. The van der Waals surface area contributed by atoms with Crippen LogP contribution in [0.5, 0.6) is 0 Å². The van der Waals surface area contributed by atoms with E-state index in [0.717, 1.165) is 32.2 Å². The molecule has 0 radical (unpaired) electrons. The maximum Gasteiger partial charge on any atom is 0.213 e. The molecule has 1 aliphatic heterocycles. The van der Waals surface area contributed by atoms with Crippen molar-refractivity contribution in [1.29, 1.82) is 0 Å². The second kappa shape index (κ2) is 13.0. The highest BCUT2D eigenvalue weighted by Crippen LogP contribution is 2.62. The number of hydrogen-bond acceptors (Lipinski definition) is 0. The van der Waals surface area contributed by atoms with E-state index in [1.165, 1.54) is 68.7 Å². The van der Waals surface area contributed by atoms with Gasteiger partial charge in [-0.15, -0.1) is 0 Å². The zero-order valence-electron chi connectivity index (χ0n) is 29.9. The van der Waals surface area contributed by atoms with Crippen LogP contribution in [0.2, 0.25) is 0 Å². The zero-order chi connectivity index (χ0) is 33.5. The quantitative estimate of drug-likeness (QED) is 0.135. The zero-order valence-corrected chi connectivity index (χ0v) is 29.9. The van der Waals surface area contributed by atoms with Crippen LogP contribution >= 0.6 is 0 Å². The molecule has 7 rings (SSSR count). The van der Waals surface area contributed by atoms with Gasteiger partial charge in [0.05, 0.1) is 17.4 Å². The van der Waals surface area contributed by atoms with Crippen molar-refractivity contribution in [2.24, 2.45) is 5.41 Å². The highest BCUT2D eigenvalue weighted by Gasteiger charge is 2.58. The number of fused-ring (bicyclic) bond motifs is 4. The van der Waals surface area contributed by atoms with Gasteiger partial charge in [0.25, 0.3) is 0 Å². The molecular weight excluding hydrogens is 581 g/mol. The summed E-state index contributed by atoms with van der Waals surface area (Å²) in [5.41, 5.74) is 15.5. The SMILES string of the molecule is CCCCc1ccc2c(c1)C(C)(C)C1=C2c2cccc[n+]2C(CC[n+]2ccc(-c3ccccc3)cc2-c2ccccc2C)C1(CC)CC. The van der Waals surface area contributed by atoms with Crippen molar-refractivity contribution in [3.8, 4) is 22.4 Å². The molecule has 2 heteroatoms. The summed E-state index contributed by atoms with van der Waals surface area (Å²) in [6.07, 6.45) is 11.6. The summed E-state index contributed by atoms with van der Waals surface area (Å²) < 4.78 is 5.18. The number of unbranched alkanes of at least 4 members (excludes halogenated alkanes) is 1. The molecule has 0 bridgehead atoms. The Bertz CT molecular complexity index is 1980. The van der Waals surface area contributed by atoms with Crippen molar-refractivity contribution in [1.82, 2.24) is 0 Å². The van der Waals surface area contributed by atoms with Gasteiger partial charge < -0.3 is 0 Å². The number of aryl methyl sites for hydroxylation is 3. The van der Waals surface area contributed by atoms with Crippen LogP contribution in [-0.4, -0.2) is 0 Å². The van der Waals surface area contributed by atoms with Gasteiger partial charge in [-0.3, -0.25) is 0 Å². The molecule has 3 heterocycles. The average molecular weight is 633 g/mol. The van der Waals surface area contributed by atoms with Crippen LogP contribution in [0.25, 0.3) is 28.0 Å². The predicted molar refractivity (Wildman–Crippen MR) is 200 cm³/mol. The normalized spacial score (nSPS) is 17.2. The molecule has 5 aromatic rings. The largest absolute Gasteiger partial charge is 0.213 e. The second-order valence-corrected chi connectivity index (χ2v) is 14.7. The first-order chi connectivity index (χ1) is 23.3. The van der Waals surface area contributed by atoms with E-state index in [-0.39, 0.29) is 10.8 Å². The molecule has 2 nitrogen and oxygen atoms in total. The fourth-order valence-electron chi connectivity index (χ4n) is 9.33. The molecule has 48 heavy (non-hydrogen) atoms. The van der Waals surface area contributed by atoms with Gasteiger partial charge in [0.2, 0.25) is 11.4 Å². The minimum absolute atomic E-state index is 0.0258. The number of aromatic nitrogens is 2. The Labute approximate surface area is 288 Å². The summed E-state index contributed by atoms with van der Waals surface area (Å²) in [4.78, 5) is 0. The number of rotatable bonds is 10. The third-order valence-electron chi connectivity index (χ3n) is 11.8. The van der Waals surface area contributed by atoms with Gasteiger partial charge in [-0.05, 0) is 83.7 Å². The molecule has 1 aliphatic carbocycles. The van der Waals surface area contributed by atoms with Crippen LogP contribution in [0.1, 0.15) is 101 Å². The first-order valence-electron chi connectivity index (χ1n) is 18.4. The third kappa shape index (κ3) is 5.25. The lowest BCUT2D eigenvalue weighted by molar-refractivity contribution is -0.755. The van der Waals surface area contributed by atoms with Gasteiger partial charge in [0.1, 0.15) is 0 Å². The van der Waals surface area contributed by atoms with Gasteiger partial charge in [-0.2, -0.15) is 9.13 Å². The molecule has 0 saturated heterocycles. The van der Waals surface area contributed by atoms with Crippen molar-refractivity contribution in [3.63, 3.8) is 0 Å². The average Bonchev–Trinajstić information content (AvgIpc) is 3.36. The molecule has 0 saturated carbocycles. The fourth-order valence-corrected chi connectivity index (χ4v) is 9.33. The van der Waals surface area contributed by atoms with E-state index >= 15 is 0 Å². The Morgan fingerprint density at radius 3 is 2.19 bits per heavy atom. The lowest BCUT2D eigenvalue weighted by Crippen LogP contribution is -2.57. The first kappa shape index (κ1) is 32.3. The van der Waals surface area contributed by atoms with E-state index < -0.39 is 0 Å². The van der Waals surface area contributed by atoms with Gasteiger partial charge in [0, 0.05) is 35.2 Å². The van der Waals surface area contributed by atoms with Crippen LogP contribution in [-0.2, 0) is 18.4 Å². The van der Waals surface area contributed by atoms with E-state index in [1.54, 1.807) is 5.57 Å². The minimum atomic E-state index is -0.0258. The summed E-state index contributed by atoms with van der Waals surface area (Å²) in [5.74, 6) is 0. The van der Waals surface area contributed by atoms with Crippen molar-refractivity contribution in [2.75, 3.05) is 0 Å². The minimum Gasteiger partial charge on any atom is -0.198 e. The maximum atomic E-state index is 2.66. The summed E-state index contributed by atoms with van der Waals surface area (Å²) in [5, 5.41) is 0. The van der Waals surface area contributed by atoms with Gasteiger partial charge in [0.15, 0.2) is 25.0 Å². The highest BCUT2D eigenvalue weighted by molar-refractivity contribution is 5.89. The first-order valence-corrected chi connectivity index (χ1v) is 18.4. The molecular formula is C46H52N2+2. The van der Waals surface area contributed by atoms with Crippen molar-refractivity contribution >= 4 is 5.57 Å². The van der Waals surface area contributed by atoms with Crippen LogP contribution in [0.3, 0.4) is 0 Å². The molecule has 0 fully saturated rings. The summed E-state index contributed by atoms with van der Waals surface area (Å²) in [6, 6.07) is 39.0. The van der Waals surface area contributed by atoms with E-state index in [4.69, 9.17) is 0 Å². The molecule has 3 aromatic carbocycles. The number of allylic oxidation sites excluding steroid dienone is 1. The van der Waals surface area contributed by atoms with Gasteiger partial charge in [-0.1, -0.05) is 108 Å². The number of benzene rings is 3. The Hall–Kier alpha value is -4.30. The Balaban J connectivity index is 1.33. The van der Waals surface area contributed by atoms with Crippen molar-refractivity contribution in [2.45, 2.75) is 98.1 Å². The molecule has 1 atom stereocenters. The van der Waals surface area contributed by atoms with Gasteiger partial charge in [-0.25, -0.2) is 0 Å². The summed E-state index contributed by atoms with van der Waals surface area (Å²) in [7, 11) is 0. The molecule has 2 aromatic heterocycles. The van der Waals surface area contributed by atoms with Crippen LogP contribution < -0.4 is 9.13 Å². The topological polar surface area (TPSA) is 7.76 Å². The monoisotopic (exact) mass is 632 g/mol. The molecule has 244 valence electrons. The Morgan fingerprint density at radius 1 is 0.688 bits per heavy atom. The lowest BCUT2D eigenvalue weighted by Gasteiger charge is -2.45. The van der Waals surface area contributed by atoms with Crippen LogP contribution in [0, 0.1) is 12.3 Å². The van der Waals surface area contributed by atoms with Crippen molar-refractivity contribution in [3.05, 3.63) is 149 Å². The molecule has 0 spiro atoms. The Morgan fingerprint density at radius 2 is 1.44 bits per heavy atom. The van der Waals surface area contributed by atoms with Crippen molar-refractivity contribution < 1.29 is 9.13 Å². The van der Waals surface area contributed by atoms with Gasteiger partial charge >= 0.3 is 0 Å². The molecule has 0 amide bonds. The highest BCUT2D eigenvalue weighted by atomic mass is 15.1. The molecule has 0 N–H and O–H groups in total. The number of hydrogen-bond donors (Lipinski definition) is 0. The number of nitrogens with zero attached hydrogens (tertiary/aromatic N) is 2. The summed E-state index contributed by atoms with van der Waals surface area (Å²) in [6.45, 7) is 15.4. The standard InChI is InChI=1S/C46H52N2/c1-7-10-19-34-24-25-38-39(31-34)45(5,6)44-43(38)40-23-16-17-28-48(40)42(46(44,8-2)9-3)27-30-47-29-26-36(35-20-12-11-13-21-35)32-41(47)37-22-15-14-18-33(37)4/h11-18,20-26,28-29,31-32,42H,7-10,19,27,30H2,1-6H3/q+2. The molecule has 1 unspecified atom stereocenters. The van der Waals surface area contributed by atoms with E-state index in [1.807, 2.05) is 0 Å². The second-order valence-electron chi connectivity index (χ2n) is 14.7. The molecule has 2 aliphatic rings. The smallest absolute Gasteiger partial charge is 0.198 e.